The molecule has 0 atom stereocenters. The highest BCUT2D eigenvalue weighted by atomic mass is 32.1. The molecule has 3 N–H and O–H groups in total. The number of aryl methyl sites for hydroxylation is 1. The first-order chi connectivity index (χ1) is 16.0. The molecule has 0 spiro atoms. The van der Waals surface area contributed by atoms with Crippen molar-refractivity contribution in [3.63, 3.8) is 0 Å². The quantitative estimate of drug-likeness (QED) is 0.470. The van der Waals surface area contributed by atoms with Crippen molar-refractivity contribution in [2.45, 2.75) is 13.5 Å². The normalized spacial score (nSPS) is 14.8. The minimum Gasteiger partial charge on any atom is -0.495 e. The summed E-state index contributed by atoms with van der Waals surface area (Å²) in [5.74, 6) is 1.67. The molecule has 1 aromatic carbocycles. The van der Waals surface area contributed by atoms with E-state index in [0.717, 1.165) is 62.9 Å². The Bertz CT molecular complexity index is 1340. The van der Waals surface area contributed by atoms with Crippen LogP contribution in [0.5, 0.6) is 5.75 Å². The number of aromatic nitrogens is 3. The maximum absolute atomic E-state index is 11.5. The Morgan fingerprint density at radius 1 is 1.21 bits per heavy atom. The molecule has 0 aliphatic carbocycles. The van der Waals surface area contributed by atoms with Crippen molar-refractivity contribution in [2.75, 3.05) is 45.7 Å². The first-order valence-electron chi connectivity index (χ1n) is 10.9. The number of urea groups is 1. The van der Waals surface area contributed by atoms with Gasteiger partial charge in [0.2, 0.25) is 0 Å². The lowest BCUT2D eigenvalue weighted by molar-refractivity contribution is 0.139. The molecule has 2 amide bonds. The van der Waals surface area contributed by atoms with Crippen LogP contribution in [0.25, 0.3) is 26.0 Å². The Kier molecular flexibility index (Phi) is 5.55. The van der Waals surface area contributed by atoms with Crippen molar-refractivity contribution in [3.8, 4) is 16.2 Å². The van der Waals surface area contributed by atoms with E-state index in [1.165, 1.54) is 5.56 Å². The van der Waals surface area contributed by atoms with E-state index >= 15 is 0 Å². The largest absolute Gasteiger partial charge is 0.495 e. The number of nitrogens with one attached hydrogen (secondary N) is 1. The topological polar surface area (TPSA) is 101 Å². The van der Waals surface area contributed by atoms with Gasteiger partial charge < -0.3 is 20.7 Å². The number of anilines is 1. The van der Waals surface area contributed by atoms with Gasteiger partial charge in [0.05, 0.1) is 17.5 Å². The minimum absolute atomic E-state index is 0.355. The second-order valence-electron chi connectivity index (χ2n) is 8.27. The predicted molar refractivity (Wildman–Crippen MR) is 131 cm³/mol. The van der Waals surface area contributed by atoms with Crippen molar-refractivity contribution in [2.24, 2.45) is 5.73 Å². The number of hydrogen-bond acceptors (Lipinski definition) is 7. The number of ether oxygens (including phenoxy) is 1. The zero-order chi connectivity index (χ0) is 23.1. The van der Waals surface area contributed by atoms with Crippen LogP contribution in [-0.4, -0.2) is 70.8 Å². The maximum atomic E-state index is 11.5. The summed E-state index contributed by atoms with van der Waals surface area (Å²) in [6.45, 7) is 5.62. The molecule has 1 saturated heterocycles. The van der Waals surface area contributed by atoms with Crippen LogP contribution in [-0.2, 0) is 6.54 Å². The zero-order valence-corrected chi connectivity index (χ0v) is 19.8. The molecule has 1 aliphatic rings. The van der Waals surface area contributed by atoms with Crippen LogP contribution < -0.4 is 15.8 Å². The summed E-state index contributed by atoms with van der Waals surface area (Å²) in [7, 11) is 3.59. The van der Waals surface area contributed by atoms with Crippen LogP contribution in [0, 0.1) is 6.92 Å². The van der Waals surface area contributed by atoms with Gasteiger partial charge in [-0.2, -0.15) is 5.10 Å². The van der Waals surface area contributed by atoms with Gasteiger partial charge in [-0.25, -0.2) is 14.3 Å². The maximum Gasteiger partial charge on any atom is 0.314 e. The van der Waals surface area contributed by atoms with Gasteiger partial charge in [0.15, 0.2) is 5.82 Å². The lowest BCUT2D eigenvalue weighted by Crippen LogP contribution is -2.50. The van der Waals surface area contributed by atoms with Crippen molar-refractivity contribution in [3.05, 3.63) is 41.9 Å². The van der Waals surface area contributed by atoms with E-state index in [9.17, 15) is 4.79 Å². The second kappa shape index (κ2) is 8.53. The van der Waals surface area contributed by atoms with Gasteiger partial charge in [-0.3, -0.25) is 4.90 Å². The van der Waals surface area contributed by atoms with Gasteiger partial charge in [0.1, 0.15) is 17.6 Å². The Balaban J connectivity index is 1.57. The fourth-order valence-corrected chi connectivity index (χ4v) is 5.65. The number of rotatable bonds is 5. The number of benzene rings is 1. The number of methoxy groups -OCH3 is 1. The van der Waals surface area contributed by atoms with E-state index in [1.807, 2.05) is 11.6 Å². The molecule has 0 radical (unpaired) electrons. The highest BCUT2D eigenvalue weighted by molar-refractivity contribution is 7.22. The monoisotopic (exact) mass is 465 g/mol. The van der Waals surface area contributed by atoms with E-state index in [2.05, 4.69) is 51.5 Å². The van der Waals surface area contributed by atoms with Crippen molar-refractivity contribution in [1.82, 2.24) is 24.4 Å². The Morgan fingerprint density at radius 3 is 2.70 bits per heavy atom. The Hall–Kier alpha value is -3.37. The predicted octanol–water partition coefficient (Wildman–Crippen LogP) is 3.17. The van der Waals surface area contributed by atoms with Crippen LogP contribution >= 0.6 is 11.3 Å². The van der Waals surface area contributed by atoms with Crippen molar-refractivity contribution >= 4 is 38.8 Å². The number of hydrogen-bond donors (Lipinski definition) is 2. The van der Waals surface area contributed by atoms with Gasteiger partial charge in [-0.15, -0.1) is 11.3 Å². The van der Waals surface area contributed by atoms with Crippen LogP contribution in [0.1, 0.15) is 11.3 Å². The molecule has 33 heavy (non-hydrogen) atoms. The molecular weight excluding hydrogens is 438 g/mol. The first kappa shape index (κ1) is 21.5. The van der Waals surface area contributed by atoms with Crippen LogP contribution in [0.15, 0.2) is 30.6 Å². The summed E-state index contributed by atoms with van der Waals surface area (Å²) in [4.78, 5) is 21.1. The molecule has 0 bridgehead atoms. The van der Waals surface area contributed by atoms with Crippen LogP contribution in [0.4, 0.5) is 10.6 Å². The van der Waals surface area contributed by atoms with Gasteiger partial charge >= 0.3 is 6.03 Å². The van der Waals surface area contributed by atoms with E-state index in [1.54, 1.807) is 29.7 Å². The fraction of sp³-hybridized carbons (Fsp3) is 0.348. The Labute approximate surface area is 195 Å². The third-order valence-corrected chi connectivity index (χ3v) is 7.35. The van der Waals surface area contributed by atoms with E-state index in [4.69, 9.17) is 10.5 Å². The molecule has 1 fully saturated rings. The standard InChI is InChI=1S/C23H27N7O2S/c1-14-8-15-10-19(33-21(15)18(9-14)32-3)17-11-16(30-20(17)22(25-2)26-13-27-30)12-28-4-6-29(7-5-28)23(24)31/h8-11,13H,4-7,12H2,1-3H3,(H2,24,31)(H,25,26,27). The molecule has 4 aromatic rings. The smallest absolute Gasteiger partial charge is 0.314 e. The molecule has 0 unspecified atom stereocenters. The van der Waals surface area contributed by atoms with Crippen LogP contribution in [0.3, 0.4) is 0 Å². The number of carbonyl (C=O) groups is 1. The molecule has 10 heteroatoms. The number of thiophene rings is 1. The van der Waals surface area contributed by atoms with Crippen LogP contribution in [0.2, 0.25) is 0 Å². The zero-order valence-electron chi connectivity index (χ0n) is 19.0. The number of nitrogens with two attached hydrogens (primary N) is 1. The van der Waals surface area contributed by atoms with E-state index in [0.29, 0.717) is 13.1 Å². The summed E-state index contributed by atoms with van der Waals surface area (Å²) in [6.07, 6.45) is 1.58. The van der Waals surface area contributed by atoms with Crippen molar-refractivity contribution in [1.29, 1.82) is 0 Å². The second-order valence-corrected chi connectivity index (χ2v) is 9.32. The molecule has 5 rings (SSSR count). The Morgan fingerprint density at radius 2 is 2.00 bits per heavy atom. The van der Waals surface area contributed by atoms with Gasteiger partial charge in [0, 0.05) is 50.2 Å². The van der Waals surface area contributed by atoms with Gasteiger partial charge in [0.25, 0.3) is 0 Å². The number of piperazine rings is 1. The fourth-order valence-electron chi connectivity index (χ4n) is 4.50. The van der Waals surface area contributed by atoms with E-state index in [-0.39, 0.29) is 6.03 Å². The summed E-state index contributed by atoms with van der Waals surface area (Å²) < 4.78 is 8.75. The summed E-state index contributed by atoms with van der Waals surface area (Å²) in [5.41, 5.74) is 9.72. The number of nitrogens with zero attached hydrogens (tertiary/aromatic N) is 5. The lowest BCUT2D eigenvalue weighted by atomic mass is 10.1. The molecule has 172 valence electrons. The molecule has 3 aromatic heterocycles. The third kappa shape index (κ3) is 3.85. The summed E-state index contributed by atoms with van der Waals surface area (Å²) >= 11 is 1.71. The SMILES string of the molecule is CNc1ncnn2c(CN3CCN(C(N)=O)CC3)cc(-c3cc4cc(C)cc(OC)c4s3)c12. The molecule has 4 heterocycles. The van der Waals surface area contributed by atoms with Gasteiger partial charge in [-0.05, 0) is 36.1 Å². The highest BCUT2D eigenvalue weighted by Gasteiger charge is 2.23. The molecule has 9 nitrogen and oxygen atoms in total. The highest BCUT2D eigenvalue weighted by Crippen LogP contribution is 2.42. The lowest BCUT2D eigenvalue weighted by Gasteiger charge is -2.33. The average molecular weight is 466 g/mol. The van der Waals surface area contributed by atoms with E-state index < -0.39 is 0 Å². The number of carbonyl (C=O) groups excluding carboxylic acids is 1. The molecular formula is C23H27N7O2S. The average Bonchev–Trinajstić information content (AvgIpc) is 3.40. The number of fused-ring (bicyclic) bond motifs is 2. The van der Waals surface area contributed by atoms with Gasteiger partial charge in [-0.1, -0.05) is 6.07 Å². The number of amides is 2. The molecule has 0 saturated carbocycles. The summed E-state index contributed by atoms with van der Waals surface area (Å²) in [6, 6.07) is 8.32. The minimum atomic E-state index is -0.355. The number of primary amides is 1. The molecule has 1 aliphatic heterocycles. The summed E-state index contributed by atoms with van der Waals surface area (Å²) in [5, 5.41) is 8.96. The first-order valence-corrected chi connectivity index (χ1v) is 11.7. The third-order valence-electron chi connectivity index (χ3n) is 6.15. The van der Waals surface area contributed by atoms with Crippen molar-refractivity contribution < 1.29 is 9.53 Å².